The van der Waals surface area contributed by atoms with Crippen LogP contribution < -0.4 is 28.6 Å². The molecule has 0 aromatic heterocycles. The summed E-state index contributed by atoms with van der Waals surface area (Å²) in [4.78, 5) is 43.1. The summed E-state index contributed by atoms with van der Waals surface area (Å²) in [6.45, 7) is 0. The standard InChI is InChI=1S/C28H26N2O8/c1-34-16-10-11-19(20(14-16)35-2)29-23(15-12-21(36-3)25(38-5)22(13-15)37-4)24(28(29)33)30-26(31)17-8-6-7-9-18(17)27(30)32/h6-14,23-24H,1-5H3/t23-,24-/m1/s1. The predicted octanol–water partition coefficient (Wildman–Crippen LogP) is 3.48. The van der Waals surface area contributed by atoms with Crippen LogP contribution in [-0.2, 0) is 4.79 Å². The van der Waals surface area contributed by atoms with E-state index in [-0.39, 0.29) is 11.1 Å². The van der Waals surface area contributed by atoms with Crippen molar-refractivity contribution >= 4 is 23.4 Å². The average Bonchev–Trinajstić information content (AvgIpc) is 3.20. The number of anilines is 1. The summed E-state index contributed by atoms with van der Waals surface area (Å²) in [7, 11) is 7.47. The van der Waals surface area contributed by atoms with E-state index in [4.69, 9.17) is 23.7 Å². The van der Waals surface area contributed by atoms with Gasteiger partial charge in [-0.15, -0.1) is 0 Å². The molecule has 10 heteroatoms. The fourth-order valence-electron chi connectivity index (χ4n) is 5.04. The lowest BCUT2D eigenvalue weighted by molar-refractivity contribution is -0.130. The maximum Gasteiger partial charge on any atom is 0.262 e. The Morgan fingerprint density at radius 1 is 0.605 bits per heavy atom. The van der Waals surface area contributed by atoms with Crippen LogP contribution in [0.2, 0.25) is 0 Å². The highest BCUT2D eigenvalue weighted by atomic mass is 16.5. The summed E-state index contributed by atoms with van der Waals surface area (Å²) in [6.07, 6.45) is 0. The first-order valence-electron chi connectivity index (χ1n) is 11.7. The summed E-state index contributed by atoms with van der Waals surface area (Å²) in [5.74, 6) is 0.533. The Hall–Kier alpha value is -4.73. The summed E-state index contributed by atoms with van der Waals surface area (Å²) in [5, 5.41) is 0. The van der Waals surface area contributed by atoms with Crippen LogP contribution in [0.3, 0.4) is 0 Å². The number of fused-ring (bicyclic) bond motifs is 1. The fraction of sp³-hybridized carbons (Fsp3) is 0.250. The Morgan fingerprint density at radius 3 is 1.68 bits per heavy atom. The van der Waals surface area contributed by atoms with Gasteiger partial charge in [-0.1, -0.05) is 12.1 Å². The van der Waals surface area contributed by atoms with E-state index in [2.05, 4.69) is 0 Å². The van der Waals surface area contributed by atoms with Gasteiger partial charge in [-0.05, 0) is 42.0 Å². The molecule has 2 atom stereocenters. The molecular weight excluding hydrogens is 492 g/mol. The minimum absolute atomic E-state index is 0.259. The van der Waals surface area contributed by atoms with Crippen molar-refractivity contribution in [3.8, 4) is 28.7 Å². The molecule has 0 aliphatic carbocycles. The minimum atomic E-state index is -1.11. The van der Waals surface area contributed by atoms with Crippen molar-refractivity contribution in [2.75, 3.05) is 40.4 Å². The molecule has 196 valence electrons. The molecule has 1 fully saturated rings. The van der Waals surface area contributed by atoms with E-state index in [1.165, 1.54) is 40.4 Å². The molecule has 1 saturated heterocycles. The number of β-lactam (4-membered cyclic amide) rings is 1. The zero-order valence-electron chi connectivity index (χ0n) is 21.5. The zero-order valence-corrected chi connectivity index (χ0v) is 21.5. The number of methoxy groups -OCH3 is 5. The van der Waals surface area contributed by atoms with Gasteiger partial charge in [-0.3, -0.25) is 24.2 Å². The van der Waals surface area contributed by atoms with E-state index in [0.29, 0.717) is 40.0 Å². The van der Waals surface area contributed by atoms with E-state index in [1.54, 1.807) is 54.6 Å². The Morgan fingerprint density at radius 2 is 1.18 bits per heavy atom. The molecule has 0 unspecified atom stereocenters. The van der Waals surface area contributed by atoms with Gasteiger partial charge >= 0.3 is 0 Å². The number of ether oxygens (including phenoxy) is 5. The zero-order chi connectivity index (χ0) is 27.1. The van der Waals surface area contributed by atoms with Crippen molar-refractivity contribution in [3.63, 3.8) is 0 Å². The first-order valence-corrected chi connectivity index (χ1v) is 11.7. The molecule has 3 aromatic rings. The van der Waals surface area contributed by atoms with Crippen molar-refractivity contribution in [3.05, 3.63) is 71.3 Å². The number of imide groups is 1. The quantitative estimate of drug-likeness (QED) is 0.330. The highest BCUT2D eigenvalue weighted by molar-refractivity contribution is 6.24. The van der Waals surface area contributed by atoms with Crippen LogP contribution in [0.1, 0.15) is 32.3 Å². The third-order valence-electron chi connectivity index (χ3n) is 6.85. The van der Waals surface area contributed by atoms with Crippen molar-refractivity contribution in [1.29, 1.82) is 0 Å². The number of benzene rings is 3. The Balaban J connectivity index is 1.67. The second-order valence-corrected chi connectivity index (χ2v) is 8.62. The summed E-state index contributed by atoms with van der Waals surface area (Å²) < 4.78 is 27.4. The molecule has 0 bridgehead atoms. The molecule has 0 spiro atoms. The van der Waals surface area contributed by atoms with Gasteiger partial charge in [0.1, 0.15) is 17.5 Å². The van der Waals surface area contributed by atoms with Crippen molar-refractivity contribution < 1.29 is 38.1 Å². The Bertz CT molecular complexity index is 1390. The number of amides is 3. The van der Waals surface area contributed by atoms with Gasteiger partial charge in [0.05, 0.1) is 58.4 Å². The Kier molecular flexibility index (Phi) is 6.31. The summed E-state index contributed by atoms with van der Waals surface area (Å²) in [6, 6.07) is 13.1. The number of carbonyl (C=O) groups excluding carboxylic acids is 3. The summed E-state index contributed by atoms with van der Waals surface area (Å²) >= 11 is 0. The number of hydrogen-bond acceptors (Lipinski definition) is 8. The summed E-state index contributed by atoms with van der Waals surface area (Å²) in [5.41, 5.74) is 1.53. The monoisotopic (exact) mass is 518 g/mol. The van der Waals surface area contributed by atoms with E-state index >= 15 is 0 Å². The first kappa shape index (κ1) is 24.9. The molecule has 0 saturated carbocycles. The van der Waals surface area contributed by atoms with E-state index in [9.17, 15) is 14.4 Å². The lowest BCUT2D eigenvalue weighted by atomic mass is 9.85. The average molecular weight is 519 g/mol. The number of carbonyl (C=O) groups is 3. The van der Waals surface area contributed by atoms with Gasteiger partial charge in [0, 0.05) is 6.07 Å². The second-order valence-electron chi connectivity index (χ2n) is 8.62. The highest BCUT2D eigenvalue weighted by Crippen LogP contribution is 2.50. The SMILES string of the molecule is COc1ccc(N2C(=O)[C@H](N3C(=O)c4ccccc4C3=O)[C@H]2c2cc(OC)c(OC)c(OC)c2)c(OC)c1. The van der Waals surface area contributed by atoms with Gasteiger partial charge in [0.2, 0.25) is 5.75 Å². The third kappa shape index (κ3) is 3.60. The molecule has 2 heterocycles. The molecule has 38 heavy (non-hydrogen) atoms. The molecule has 5 rings (SSSR count). The van der Waals surface area contributed by atoms with E-state index < -0.39 is 29.8 Å². The lowest BCUT2D eigenvalue weighted by Crippen LogP contribution is -2.67. The number of nitrogens with zero attached hydrogens (tertiary/aromatic N) is 2. The smallest absolute Gasteiger partial charge is 0.262 e. The van der Waals surface area contributed by atoms with Gasteiger partial charge in [-0.25, -0.2) is 0 Å². The topological polar surface area (TPSA) is 104 Å². The largest absolute Gasteiger partial charge is 0.497 e. The molecule has 10 nitrogen and oxygen atoms in total. The predicted molar refractivity (Wildman–Crippen MR) is 137 cm³/mol. The lowest BCUT2D eigenvalue weighted by Gasteiger charge is -2.50. The van der Waals surface area contributed by atoms with Crippen molar-refractivity contribution in [1.82, 2.24) is 4.90 Å². The van der Waals surface area contributed by atoms with E-state index in [1.807, 2.05) is 0 Å². The van der Waals surface area contributed by atoms with Crippen LogP contribution in [-0.4, -0.2) is 64.2 Å². The van der Waals surface area contributed by atoms with Crippen molar-refractivity contribution in [2.24, 2.45) is 0 Å². The van der Waals surface area contributed by atoms with Crippen LogP contribution >= 0.6 is 0 Å². The maximum atomic E-state index is 13.8. The van der Waals surface area contributed by atoms with E-state index in [0.717, 1.165) is 4.90 Å². The fourth-order valence-corrected chi connectivity index (χ4v) is 5.04. The van der Waals surface area contributed by atoms with Crippen LogP contribution in [0, 0.1) is 0 Å². The normalized spacial score (nSPS) is 18.2. The van der Waals surface area contributed by atoms with Crippen LogP contribution in [0.5, 0.6) is 28.7 Å². The molecule has 2 aliphatic heterocycles. The molecule has 0 radical (unpaired) electrons. The van der Waals surface area contributed by atoms with Crippen molar-refractivity contribution in [2.45, 2.75) is 12.1 Å². The third-order valence-corrected chi connectivity index (χ3v) is 6.85. The first-order chi connectivity index (χ1) is 18.4. The molecule has 3 aromatic carbocycles. The number of rotatable bonds is 8. The van der Waals surface area contributed by atoms with Crippen LogP contribution in [0.25, 0.3) is 0 Å². The minimum Gasteiger partial charge on any atom is -0.497 e. The number of hydrogen-bond donors (Lipinski definition) is 0. The second kappa shape index (κ2) is 9.62. The molecule has 3 amide bonds. The van der Waals surface area contributed by atoms with Gasteiger partial charge in [-0.2, -0.15) is 0 Å². The maximum absolute atomic E-state index is 13.8. The molecule has 2 aliphatic rings. The molecular formula is C28H26N2O8. The van der Waals surface area contributed by atoms with Gasteiger partial charge in [0.25, 0.3) is 17.7 Å². The van der Waals surface area contributed by atoms with Gasteiger partial charge < -0.3 is 23.7 Å². The molecule has 0 N–H and O–H groups in total. The van der Waals surface area contributed by atoms with Crippen LogP contribution in [0.15, 0.2) is 54.6 Å². The highest BCUT2D eigenvalue weighted by Gasteiger charge is 2.58. The Labute approximate surface area is 219 Å². The van der Waals surface area contributed by atoms with Crippen LogP contribution in [0.4, 0.5) is 5.69 Å². The van der Waals surface area contributed by atoms with Gasteiger partial charge in [0.15, 0.2) is 11.5 Å².